The molecule has 0 heterocycles. The molecular weight excluding hydrogens is 427 g/mol. The van der Waals surface area contributed by atoms with E-state index in [2.05, 4.69) is 0 Å². The Balaban J connectivity index is 0. The first kappa shape index (κ1) is 24.0. The van der Waals surface area contributed by atoms with Gasteiger partial charge in [-0.15, -0.1) is 0 Å². The summed E-state index contributed by atoms with van der Waals surface area (Å²) in [5.41, 5.74) is 0. The molecule has 0 nitrogen and oxygen atoms in total. The maximum atomic E-state index is 0. The third-order valence-corrected chi connectivity index (χ3v) is 0. The van der Waals surface area contributed by atoms with E-state index in [1.165, 1.54) is 0 Å². The summed E-state index contributed by atoms with van der Waals surface area (Å²) in [5, 5.41) is 0. The maximum Gasteiger partial charge on any atom is 1.00 e. The molecule has 0 aromatic rings. The van der Waals surface area contributed by atoms with Gasteiger partial charge in [-0.3, -0.25) is 0 Å². The Morgan fingerprint density at radius 2 is 0.750 bits per heavy atom. The molecule has 0 radical (unpaired) electrons. The van der Waals surface area contributed by atoms with Gasteiger partial charge >= 0.3 is 119 Å². The molecule has 4 heavy (non-hydrogen) atoms. The normalized spacial score (nSPS) is 0. The fourth-order valence-electron chi connectivity index (χ4n) is 0. The zero-order valence-electron chi connectivity index (χ0n) is 2.76. The quantitative estimate of drug-likeness (QED) is 0.361. The summed E-state index contributed by atoms with van der Waals surface area (Å²) in [6, 6.07) is 0. The molecule has 0 spiro atoms. The van der Waals surface area contributed by atoms with Crippen LogP contribution in [0.4, 0.5) is 0 Å². The summed E-state index contributed by atoms with van der Waals surface area (Å²) in [5.74, 6) is 0. The Morgan fingerprint density at radius 3 is 0.750 bits per heavy atom. The van der Waals surface area contributed by atoms with Gasteiger partial charge in [0.15, 0.2) is 0 Å². The molecule has 0 unspecified atom stereocenters. The summed E-state index contributed by atoms with van der Waals surface area (Å²) < 4.78 is 0. The molecule has 16 valence electrons. The van der Waals surface area contributed by atoms with Crippen LogP contribution in [-0.4, -0.2) is 0 Å². The molecule has 0 fully saturated rings. The molecule has 0 rings (SSSR count). The average molecular weight is 427 g/mol. The first-order chi connectivity index (χ1) is 0. The van der Waals surface area contributed by atoms with Gasteiger partial charge in [0.05, 0.1) is 0 Å². The van der Waals surface area contributed by atoms with Crippen molar-refractivity contribution in [1.82, 2.24) is 0 Å². The molecule has 0 N–H and O–H groups in total. The van der Waals surface area contributed by atoms with E-state index in [0.29, 0.717) is 0 Å². The second kappa shape index (κ2) is 15.7. The smallest absolute Gasteiger partial charge is 1.00 e. The fourth-order valence-corrected chi connectivity index (χ4v) is 0. The van der Waals surface area contributed by atoms with E-state index in [4.69, 9.17) is 0 Å². The van der Waals surface area contributed by atoms with Crippen LogP contribution in [0, 0.1) is 49.9 Å². The first-order valence-corrected chi connectivity index (χ1v) is 0. The third kappa shape index (κ3) is 9.52. The Morgan fingerprint density at radius 1 is 0.750 bits per heavy atom. The second-order valence-electron chi connectivity index (χ2n) is 0. The van der Waals surface area contributed by atoms with Crippen molar-refractivity contribution < 1.29 is 144 Å². The van der Waals surface area contributed by atoms with Crippen molar-refractivity contribution in [1.29, 1.82) is 0 Å². The topological polar surface area (TPSA) is 0 Å². The van der Waals surface area contributed by atoms with E-state index < -0.39 is 0 Å². The number of hydrogen-bond donors (Lipinski definition) is 0. The van der Waals surface area contributed by atoms with Crippen molar-refractivity contribution >= 4 is 0 Å². The monoisotopic (exact) mass is 426 g/mol. The van der Waals surface area contributed by atoms with Gasteiger partial charge in [0.1, 0.15) is 0 Å². The Hall–Kier alpha value is 4.23. The fraction of sp³-hybridized carbons (Fsp3) is 0. The van der Waals surface area contributed by atoms with Crippen LogP contribution in [0.15, 0.2) is 0 Å². The van der Waals surface area contributed by atoms with Crippen LogP contribution in [0.2, 0.25) is 0 Å². The van der Waals surface area contributed by atoms with Crippen molar-refractivity contribution in [3.63, 3.8) is 0 Å². The number of hydrogen-bond acceptors (Lipinski definition) is 0. The molecular formula is Cl2CsFr. The van der Waals surface area contributed by atoms with Crippen molar-refractivity contribution in [3.05, 3.63) is 0 Å². The SMILES string of the molecule is [Cl-].[Cl-].[Cs+].[Fr+]. The number of halogens is 2. The van der Waals surface area contributed by atoms with E-state index in [-0.39, 0.29) is 144 Å². The van der Waals surface area contributed by atoms with Crippen LogP contribution in [-0.2, 0) is 0 Å². The minimum absolute atomic E-state index is 0. The van der Waals surface area contributed by atoms with Gasteiger partial charge in [0.25, 0.3) is 0 Å². The zero-order chi connectivity index (χ0) is 0. The van der Waals surface area contributed by atoms with E-state index in [1.807, 2.05) is 0 Å². The van der Waals surface area contributed by atoms with Gasteiger partial charge in [-0.1, -0.05) is 0 Å². The van der Waals surface area contributed by atoms with Gasteiger partial charge in [-0.2, -0.15) is 0 Å². The Bertz CT molecular complexity index is 6.00. The van der Waals surface area contributed by atoms with Crippen molar-refractivity contribution in [3.8, 4) is 0 Å². The summed E-state index contributed by atoms with van der Waals surface area (Å²) >= 11 is 0. The third-order valence-electron chi connectivity index (χ3n) is 0. The van der Waals surface area contributed by atoms with Crippen LogP contribution >= 0.6 is 0 Å². The molecule has 0 aliphatic rings. The molecule has 4 heteroatoms. The first-order valence-electron chi connectivity index (χ1n) is 0. The van der Waals surface area contributed by atoms with Crippen molar-refractivity contribution in [2.45, 2.75) is 0 Å². The van der Waals surface area contributed by atoms with Gasteiger partial charge < -0.3 is 24.8 Å². The van der Waals surface area contributed by atoms with E-state index in [1.54, 1.807) is 0 Å². The van der Waals surface area contributed by atoms with Crippen molar-refractivity contribution in [2.75, 3.05) is 0 Å². The van der Waals surface area contributed by atoms with Gasteiger partial charge in [-0.05, 0) is 0 Å². The maximum absolute atomic E-state index is 0. The predicted molar refractivity (Wildman–Crippen MR) is 0 cm³/mol. The molecule has 0 atom stereocenters. The molecule has 0 aliphatic carbocycles. The summed E-state index contributed by atoms with van der Waals surface area (Å²) in [6.45, 7) is 0. The molecule has 0 aromatic heterocycles. The van der Waals surface area contributed by atoms with Crippen molar-refractivity contribution in [2.24, 2.45) is 0 Å². The van der Waals surface area contributed by atoms with Gasteiger partial charge in [-0.25, -0.2) is 0 Å². The van der Waals surface area contributed by atoms with E-state index >= 15 is 0 Å². The van der Waals surface area contributed by atoms with Gasteiger partial charge in [0.2, 0.25) is 0 Å². The molecule has 0 amide bonds. The Kier molecular flexibility index (Phi) is 94.3. The standard InChI is InChI=1S/2ClH.Cs.Fr/h2*1H;;/q;;2*+1/p-2. The van der Waals surface area contributed by atoms with Crippen LogP contribution in [0.25, 0.3) is 0 Å². The predicted octanol–water partition coefficient (Wildman–Crippen LogP) is -8.99. The molecule has 0 aromatic carbocycles. The van der Waals surface area contributed by atoms with E-state index in [0.717, 1.165) is 0 Å². The minimum Gasteiger partial charge on any atom is -1.00 e. The van der Waals surface area contributed by atoms with Crippen LogP contribution in [0.5, 0.6) is 0 Å². The van der Waals surface area contributed by atoms with Crippen LogP contribution in [0.1, 0.15) is 0 Å². The average Bonchev–Trinajstić information content (AvgIpc) is 0. The van der Waals surface area contributed by atoms with Crippen LogP contribution in [0.3, 0.4) is 0 Å². The zero-order valence-corrected chi connectivity index (χ0v) is 18.8. The van der Waals surface area contributed by atoms with Crippen LogP contribution < -0.4 is 93.7 Å². The van der Waals surface area contributed by atoms with Gasteiger partial charge in [0, 0.05) is 0 Å². The summed E-state index contributed by atoms with van der Waals surface area (Å²) in [4.78, 5) is 0. The number of rotatable bonds is 0. The molecule has 0 saturated heterocycles. The summed E-state index contributed by atoms with van der Waals surface area (Å²) in [7, 11) is 0. The second-order valence-corrected chi connectivity index (χ2v) is 0. The molecule has 0 bridgehead atoms. The largest absolute Gasteiger partial charge is 1.00 e. The molecule has 0 saturated carbocycles. The van der Waals surface area contributed by atoms with E-state index in [9.17, 15) is 0 Å². The molecule has 0 aliphatic heterocycles. The Labute approximate surface area is 138 Å². The summed E-state index contributed by atoms with van der Waals surface area (Å²) in [6.07, 6.45) is 0. The minimum atomic E-state index is 0.